The summed E-state index contributed by atoms with van der Waals surface area (Å²) in [7, 11) is 0. The van der Waals surface area contributed by atoms with Crippen molar-refractivity contribution < 1.29 is 4.79 Å². The van der Waals surface area contributed by atoms with Gasteiger partial charge in [0.15, 0.2) is 0 Å². The van der Waals surface area contributed by atoms with Crippen molar-refractivity contribution in [3.63, 3.8) is 0 Å². The first kappa shape index (κ1) is 17.2. The molecule has 1 rings (SSSR count). The highest BCUT2D eigenvalue weighted by molar-refractivity contribution is 5.76. The highest BCUT2D eigenvalue weighted by Crippen LogP contribution is 2.04. The third-order valence-electron chi connectivity index (χ3n) is 3.42. The van der Waals surface area contributed by atoms with Gasteiger partial charge in [0, 0.05) is 18.3 Å². The predicted octanol–water partition coefficient (Wildman–Crippen LogP) is 2.02. The largest absolute Gasteiger partial charge is 0.337 e. The van der Waals surface area contributed by atoms with Crippen molar-refractivity contribution in [2.24, 2.45) is 0 Å². The molecule has 0 saturated carbocycles. The maximum absolute atomic E-state index is 11.9. The smallest absolute Gasteiger partial charge is 0.336 e. The molecule has 1 aromatic heterocycles. The van der Waals surface area contributed by atoms with E-state index in [0.717, 1.165) is 17.4 Å². The Kier molecular flexibility index (Phi) is 7.50. The molecule has 6 nitrogen and oxygen atoms in total. The van der Waals surface area contributed by atoms with E-state index < -0.39 is 17.3 Å². The Hall–Kier alpha value is -1.85. The molecule has 21 heavy (non-hydrogen) atoms. The summed E-state index contributed by atoms with van der Waals surface area (Å²) in [5, 5.41) is 2.70. The first-order valence-electron chi connectivity index (χ1n) is 7.73. The van der Waals surface area contributed by atoms with Crippen LogP contribution in [0.3, 0.4) is 0 Å². The number of nitrogens with one attached hydrogen (secondary N) is 2. The van der Waals surface area contributed by atoms with Gasteiger partial charge in [-0.15, -0.1) is 0 Å². The van der Waals surface area contributed by atoms with Crippen LogP contribution in [0.15, 0.2) is 15.8 Å². The number of unbranched alkanes of at least 4 members (excludes halogenated alkanes) is 5. The minimum absolute atomic E-state index is 0.421. The molecule has 2 N–H and O–H groups in total. The number of aryl methyl sites for hydroxylation is 1. The monoisotopic (exact) mass is 295 g/mol. The third kappa shape index (κ3) is 5.57. The van der Waals surface area contributed by atoms with Crippen molar-refractivity contribution in [2.45, 2.75) is 58.8 Å². The van der Waals surface area contributed by atoms with Gasteiger partial charge in [-0.05, 0) is 12.8 Å². The van der Waals surface area contributed by atoms with Gasteiger partial charge in [-0.25, -0.2) is 14.2 Å². The van der Waals surface area contributed by atoms with Crippen molar-refractivity contribution in [3.8, 4) is 0 Å². The zero-order valence-electron chi connectivity index (χ0n) is 12.9. The molecule has 0 unspecified atom stereocenters. The molecule has 0 fully saturated rings. The van der Waals surface area contributed by atoms with Crippen LogP contribution in [-0.2, 0) is 6.42 Å². The topological polar surface area (TPSA) is 84.0 Å². The minimum atomic E-state index is -0.697. The molecule has 0 spiro atoms. The van der Waals surface area contributed by atoms with E-state index >= 15 is 0 Å². The fourth-order valence-corrected chi connectivity index (χ4v) is 2.10. The summed E-state index contributed by atoms with van der Waals surface area (Å²) < 4.78 is 0.928. The molecule has 118 valence electrons. The van der Waals surface area contributed by atoms with Gasteiger partial charge in [0.25, 0.3) is 5.56 Å². The van der Waals surface area contributed by atoms with Gasteiger partial charge >= 0.3 is 11.7 Å². The Balaban J connectivity index is 2.46. The van der Waals surface area contributed by atoms with Gasteiger partial charge in [-0.2, -0.15) is 0 Å². The van der Waals surface area contributed by atoms with E-state index in [9.17, 15) is 14.4 Å². The van der Waals surface area contributed by atoms with E-state index in [1.54, 1.807) is 6.92 Å². The first-order valence-corrected chi connectivity index (χ1v) is 7.73. The summed E-state index contributed by atoms with van der Waals surface area (Å²) in [6, 6.07) is -0.487. The van der Waals surface area contributed by atoms with Gasteiger partial charge in [-0.3, -0.25) is 9.78 Å². The standard InChI is InChI=1S/C15H25N3O3/c1-3-5-6-7-8-9-10-16-14(20)18-11-12(4-2)13(19)17-15(18)21/h11H,3-10H2,1-2H3,(H,16,20)(H,17,19,21). The van der Waals surface area contributed by atoms with Crippen LogP contribution in [0.1, 0.15) is 57.9 Å². The van der Waals surface area contributed by atoms with Crippen molar-refractivity contribution in [2.75, 3.05) is 6.54 Å². The minimum Gasteiger partial charge on any atom is -0.337 e. The number of hydrogen-bond acceptors (Lipinski definition) is 3. The van der Waals surface area contributed by atoms with Crippen molar-refractivity contribution in [1.29, 1.82) is 0 Å². The van der Waals surface area contributed by atoms with Gasteiger partial charge in [0.1, 0.15) is 0 Å². The first-order chi connectivity index (χ1) is 10.1. The molecule has 0 bridgehead atoms. The van der Waals surface area contributed by atoms with Crippen LogP contribution in [0.25, 0.3) is 0 Å². The number of hydrogen-bond donors (Lipinski definition) is 2. The number of carbonyl (C=O) groups excluding carboxylic acids is 1. The normalized spacial score (nSPS) is 10.6. The van der Waals surface area contributed by atoms with Gasteiger partial charge < -0.3 is 5.32 Å². The van der Waals surface area contributed by atoms with Crippen LogP contribution in [-0.4, -0.2) is 22.1 Å². The second-order valence-electron chi connectivity index (χ2n) is 5.14. The molecule has 0 aliphatic carbocycles. The Bertz CT molecular complexity index is 560. The number of aromatic amines is 1. The van der Waals surface area contributed by atoms with Crippen LogP contribution in [0.4, 0.5) is 4.79 Å². The molecule has 0 aromatic carbocycles. The lowest BCUT2D eigenvalue weighted by Crippen LogP contribution is -2.41. The van der Waals surface area contributed by atoms with Crippen molar-refractivity contribution >= 4 is 6.03 Å². The Labute approximate surface area is 124 Å². The molecule has 6 heteroatoms. The van der Waals surface area contributed by atoms with Crippen LogP contribution in [0, 0.1) is 0 Å². The summed E-state index contributed by atoms with van der Waals surface area (Å²) in [5.74, 6) is 0. The highest BCUT2D eigenvalue weighted by atomic mass is 16.2. The Morgan fingerprint density at radius 2 is 1.81 bits per heavy atom. The zero-order chi connectivity index (χ0) is 15.7. The van der Waals surface area contributed by atoms with E-state index in [1.807, 2.05) is 0 Å². The predicted molar refractivity (Wildman–Crippen MR) is 82.9 cm³/mol. The van der Waals surface area contributed by atoms with E-state index in [0.29, 0.717) is 18.5 Å². The molecule has 0 aliphatic heterocycles. The second-order valence-corrected chi connectivity index (χ2v) is 5.14. The van der Waals surface area contributed by atoms with E-state index in [1.165, 1.54) is 31.9 Å². The van der Waals surface area contributed by atoms with E-state index in [-0.39, 0.29) is 0 Å². The molecular weight excluding hydrogens is 270 g/mol. The van der Waals surface area contributed by atoms with E-state index in [2.05, 4.69) is 17.2 Å². The number of nitrogens with zero attached hydrogens (tertiary/aromatic N) is 1. The number of amides is 1. The third-order valence-corrected chi connectivity index (χ3v) is 3.42. The molecule has 0 atom stereocenters. The lowest BCUT2D eigenvalue weighted by atomic mass is 10.1. The molecular formula is C15H25N3O3. The van der Waals surface area contributed by atoms with Gasteiger partial charge in [0.05, 0.1) is 0 Å². The highest BCUT2D eigenvalue weighted by Gasteiger charge is 2.09. The quantitative estimate of drug-likeness (QED) is 0.720. The molecule has 0 radical (unpaired) electrons. The fourth-order valence-electron chi connectivity index (χ4n) is 2.10. The van der Waals surface area contributed by atoms with E-state index in [4.69, 9.17) is 0 Å². The molecule has 1 aromatic rings. The van der Waals surface area contributed by atoms with Crippen molar-refractivity contribution in [1.82, 2.24) is 14.9 Å². The maximum Gasteiger partial charge on any atom is 0.336 e. The number of H-pyrrole nitrogens is 1. The van der Waals surface area contributed by atoms with Crippen LogP contribution in [0.5, 0.6) is 0 Å². The summed E-state index contributed by atoms with van der Waals surface area (Å²) in [5.41, 5.74) is -0.704. The lowest BCUT2D eigenvalue weighted by molar-refractivity contribution is 0.241. The van der Waals surface area contributed by atoms with Crippen LogP contribution >= 0.6 is 0 Å². The Morgan fingerprint density at radius 1 is 1.14 bits per heavy atom. The second kappa shape index (κ2) is 9.15. The summed E-state index contributed by atoms with van der Waals surface area (Å²) in [6.07, 6.45) is 8.61. The molecule has 0 saturated heterocycles. The summed E-state index contributed by atoms with van der Waals surface area (Å²) in [6.45, 7) is 4.51. The zero-order valence-corrected chi connectivity index (χ0v) is 12.9. The molecule has 1 amide bonds. The van der Waals surface area contributed by atoms with Gasteiger partial charge in [0.2, 0.25) is 0 Å². The average Bonchev–Trinajstić information content (AvgIpc) is 2.46. The van der Waals surface area contributed by atoms with Crippen molar-refractivity contribution in [3.05, 3.63) is 32.6 Å². The molecule has 1 heterocycles. The molecule has 0 aliphatic rings. The van der Waals surface area contributed by atoms with Crippen LogP contribution < -0.4 is 16.6 Å². The van der Waals surface area contributed by atoms with Crippen LogP contribution in [0.2, 0.25) is 0 Å². The number of aromatic nitrogens is 2. The maximum atomic E-state index is 11.9. The fraction of sp³-hybridized carbons (Fsp3) is 0.667. The lowest BCUT2D eigenvalue weighted by Gasteiger charge is -2.07. The van der Waals surface area contributed by atoms with Gasteiger partial charge in [-0.1, -0.05) is 46.0 Å². The number of rotatable bonds is 8. The number of carbonyl (C=O) groups is 1. The average molecular weight is 295 g/mol. The Morgan fingerprint density at radius 3 is 2.48 bits per heavy atom. The SMILES string of the molecule is CCCCCCCCNC(=O)n1cc(CC)c(=O)[nH]c1=O. The summed E-state index contributed by atoms with van der Waals surface area (Å²) >= 11 is 0. The summed E-state index contributed by atoms with van der Waals surface area (Å²) in [4.78, 5) is 37.1.